The highest BCUT2D eigenvalue weighted by Crippen LogP contribution is 2.26. The normalized spacial score (nSPS) is 10.4. The molecule has 0 spiro atoms. The van der Waals surface area contributed by atoms with Crippen molar-refractivity contribution in [3.63, 3.8) is 0 Å². The number of aromatic nitrogens is 1. The molecule has 1 rings (SSSR count). The average Bonchev–Trinajstić information content (AvgIpc) is 2.33. The summed E-state index contributed by atoms with van der Waals surface area (Å²) in [6, 6.07) is 1.95. The van der Waals surface area contributed by atoms with Gasteiger partial charge in [-0.1, -0.05) is 0 Å². The fraction of sp³-hybridized carbons (Fsp3) is 0.500. The molecule has 6 heteroatoms. The van der Waals surface area contributed by atoms with Crippen molar-refractivity contribution in [2.75, 3.05) is 31.7 Å². The third-order valence-corrected chi connectivity index (χ3v) is 3.56. The van der Waals surface area contributed by atoms with E-state index in [4.69, 9.17) is 15.9 Å². The van der Waals surface area contributed by atoms with E-state index >= 15 is 0 Å². The van der Waals surface area contributed by atoms with Gasteiger partial charge in [0, 0.05) is 32.8 Å². The highest BCUT2D eigenvalue weighted by Gasteiger charge is 2.13. The second kappa shape index (κ2) is 7.33. The molecule has 100 valence electrons. The van der Waals surface area contributed by atoms with Crippen molar-refractivity contribution in [1.82, 2.24) is 4.98 Å². The van der Waals surface area contributed by atoms with E-state index in [1.807, 2.05) is 13.0 Å². The Hall–Kier alpha value is -1.14. The van der Waals surface area contributed by atoms with Gasteiger partial charge in [0.2, 0.25) is 0 Å². The molecule has 0 aliphatic rings. The van der Waals surface area contributed by atoms with E-state index in [-0.39, 0.29) is 5.84 Å². The Labute approximate surface area is 116 Å². The van der Waals surface area contributed by atoms with Crippen LogP contribution in [0.25, 0.3) is 0 Å². The van der Waals surface area contributed by atoms with Crippen LogP contribution in [0.5, 0.6) is 0 Å². The zero-order valence-electron chi connectivity index (χ0n) is 10.7. The predicted octanol–water partition coefficient (Wildman–Crippen LogP) is 1.93. The van der Waals surface area contributed by atoms with Crippen LogP contribution in [-0.2, 0) is 4.74 Å². The lowest BCUT2D eigenvalue weighted by Crippen LogP contribution is -2.32. The van der Waals surface area contributed by atoms with Gasteiger partial charge in [-0.15, -0.1) is 0 Å². The van der Waals surface area contributed by atoms with Gasteiger partial charge in [-0.2, -0.15) is 0 Å². The summed E-state index contributed by atoms with van der Waals surface area (Å²) in [5.74, 6) is 1.05. The van der Waals surface area contributed by atoms with Crippen LogP contribution in [0.15, 0.2) is 16.7 Å². The Morgan fingerprint density at radius 3 is 2.89 bits per heavy atom. The highest BCUT2D eigenvalue weighted by molar-refractivity contribution is 9.10. The summed E-state index contributed by atoms with van der Waals surface area (Å²) in [7, 11) is 1.67. The molecule has 1 aromatic heterocycles. The Balaban J connectivity index is 2.86. The van der Waals surface area contributed by atoms with Crippen molar-refractivity contribution in [1.29, 1.82) is 5.41 Å². The Morgan fingerprint density at radius 2 is 2.28 bits per heavy atom. The molecule has 0 aliphatic carbocycles. The van der Waals surface area contributed by atoms with Crippen LogP contribution in [0.3, 0.4) is 0 Å². The number of methoxy groups -OCH3 is 1. The average molecular weight is 315 g/mol. The smallest absolute Gasteiger partial charge is 0.143 e. The Morgan fingerprint density at radius 1 is 1.56 bits per heavy atom. The molecule has 0 saturated carbocycles. The second-order valence-corrected chi connectivity index (χ2v) is 4.81. The minimum absolute atomic E-state index is 0.182. The number of ether oxygens (including phenoxy) is 1. The zero-order chi connectivity index (χ0) is 13.5. The summed E-state index contributed by atoms with van der Waals surface area (Å²) in [5, 5.41) is 7.31. The largest absolute Gasteiger partial charge is 0.388 e. The van der Waals surface area contributed by atoms with Crippen LogP contribution in [0, 0.1) is 12.3 Å². The van der Waals surface area contributed by atoms with Crippen LogP contribution in [0.2, 0.25) is 0 Å². The molecular formula is C12H19BrN4O. The van der Waals surface area contributed by atoms with Gasteiger partial charge in [-0.3, -0.25) is 5.41 Å². The van der Waals surface area contributed by atoms with Crippen LogP contribution in [0.1, 0.15) is 12.0 Å². The molecule has 1 aromatic rings. The number of pyridine rings is 1. The molecule has 5 nitrogen and oxygen atoms in total. The van der Waals surface area contributed by atoms with Gasteiger partial charge < -0.3 is 15.4 Å². The summed E-state index contributed by atoms with van der Waals surface area (Å²) in [6.07, 6.45) is 2.30. The number of hydrogen-bond acceptors (Lipinski definition) is 4. The number of nitrogens with two attached hydrogens (primary N) is 1. The van der Waals surface area contributed by atoms with E-state index in [0.717, 1.165) is 22.4 Å². The first-order valence-electron chi connectivity index (χ1n) is 5.74. The monoisotopic (exact) mass is 314 g/mol. The SMILES string of the molecule is COCCN(CCC(=N)N)c1nccc(C)c1Br. The van der Waals surface area contributed by atoms with Gasteiger partial charge in [0.25, 0.3) is 0 Å². The molecule has 0 saturated heterocycles. The maximum absolute atomic E-state index is 7.31. The number of nitrogens with one attached hydrogen (secondary N) is 1. The lowest BCUT2D eigenvalue weighted by Gasteiger charge is -2.24. The maximum Gasteiger partial charge on any atom is 0.143 e. The molecule has 3 N–H and O–H groups in total. The number of aryl methyl sites for hydroxylation is 1. The van der Waals surface area contributed by atoms with Gasteiger partial charge in [0.05, 0.1) is 16.9 Å². The summed E-state index contributed by atoms with van der Waals surface area (Å²) in [4.78, 5) is 6.45. The Bertz CT molecular complexity index is 411. The van der Waals surface area contributed by atoms with Crippen LogP contribution < -0.4 is 10.6 Å². The number of nitrogens with zero attached hydrogens (tertiary/aromatic N) is 2. The summed E-state index contributed by atoms with van der Waals surface area (Å²) < 4.78 is 6.08. The molecule has 0 atom stereocenters. The molecule has 0 radical (unpaired) electrons. The first-order valence-corrected chi connectivity index (χ1v) is 6.53. The number of hydrogen-bond donors (Lipinski definition) is 2. The third-order valence-electron chi connectivity index (χ3n) is 2.58. The molecule has 0 bridgehead atoms. The van der Waals surface area contributed by atoms with Crippen molar-refractivity contribution in [3.8, 4) is 0 Å². The number of halogens is 1. The van der Waals surface area contributed by atoms with E-state index < -0.39 is 0 Å². The van der Waals surface area contributed by atoms with Gasteiger partial charge in [0.15, 0.2) is 0 Å². The fourth-order valence-electron chi connectivity index (χ4n) is 1.53. The van der Waals surface area contributed by atoms with E-state index in [1.165, 1.54) is 0 Å². The van der Waals surface area contributed by atoms with Gasteiger partial charge in [-0.05, 0) is 34.5 Å². The minimum Gasteiger partial charge on any atom is -0.388 e. The highest BCUT2D eigenvalue weighted by atomic mass is 79.9. The molecule has 0 unspecified atom stereocenters. The first kappa shape index (κ1) is 14.9. The van der Waals surface area contributed by atoms with Crippen LogP contribution in [0.4, 0.5) is 5.82 Å². The van der Waals surface area contributed by atoms with Gasteiger partial charge in [-0.25, -0.2) is 4.98 Å². The van der Waals surface area contributed by atoms with Crippen molar-refractivity contribution in [2.45, 2.75) is 13.3 Å². The van der Waals surface area contributed by atoms with Gasteiger partial charge in [0.1, 0.15) is 5.82 Å². The third kappa shape index (κ3) is 4.27. The van der Waals surface area contributed by atoms with Gasteiger partial charge >= 0.3 is 0 Å². The van der Waals surface area contributed by atoms with Crippen molar-refractivity contribution < 1.29 is 4.74 Å². The maximum atomic E-state index is 7.31. The van der Waals surface area contributed by atoms with Crippen molar-refractivity contribution in [2.24, 2.45) is 5.73 Å². The summed E-state index contributed by atoms with van der Waals surface area (Å²) in [6.45, 7) is 4.02. The fourth-order valence-corrected chi connectivity index (χ4v) is 2.01. The molecule has 0 aromatic carbocycles. The molecule has 0 amide bonds. The van der Waals surface area contributed by atoms with E-state index in [2.05, 4.69) is 25.8 Å². The second-order valence-electron chi connectivity index (χ2n) is 4.02. The molecular weight excluding hydrogens is 296 g/mol. The summed E-state index contributed by atoms with van der Waals surface area (Å²) >= 11 is 3.55. The molecule has 0 aliphatic heterocycles. The number of amidine groups is 1. The zero-order valence-corrected chi connectivity index (χ0v) is 12.3. The van der Waals surface area contributed by atoms with Crippen molar-refractivity contribution in [3.05, 3.63) is 22.3 Å². The molecule has 1 heterocycles. The van der Waals surface area contributed by atoms with E-state index in [0.29, 0.717) is 19.6 Å². The van der Waals surface area contributed by atoms with E-state index in [1.54, 1.807) is 13.3 Å². The number of rotatable bonds is 7. The predicted molar refractivity (Wildman–Crippen MR) is 77.3 cm³/mol. The first-order chi connectivity index (χ1) is 8.56. The quantitative estimate of drug-likeness (QED) is 0.595. The van der Waals surface area contributed by atoms with E-state index in [9.17, 15) is 0 Å². The molecule has 0 fully saturated rings. The lowest BCUT2D eigenvalue weighted by atomic mass is 10.2. The standard InChI is InChI=1S/C12H19BrN4O/c1-9-3-5-16-12(11(9)13)17(7-8-18-2)6-4-10(14)15/h3,5H,4,6-8H2,1-2H3,(H3,14,15). The summed E-state index contributed by atoms with van der Waals surface area (Å²) in [5.41, 5.74) is 6.54. The molecule has 18 heavy (non-hydrogen) atoms. The topological polar surface area (TPSA) is 75.2 Å². The van der Waals surface area contributed by atoms with Crippen LogP contribution in [-0.4, -0.2) is 37.6 Å². The number of anilines is 1. The van der Waals surface area contributed by atoms with Crippen LogP contribution >= 0.6 is 15.9 Å². The van der Waals surface area contributed by atoms with Crippen molar-refractivity contribution >= 4 is 27.6 Å². The lowest BCUT2D eigenvalue weighted by molar-refractivity contribution is 0.205. The Kier molecular flexibility index (Phi) is 6.07. The minimum atomic E-state index is 0.182.